The summed E-state index contributed by atoms with van der Waals surface area (Å²) in [5.41, 5.74) is 8.04. The Morgan fingerprint density at radius 2 is 2.15 bits per heavy atom. The van der Waals surface area contributed by atoms with Crippen molar-refractivity contribution >= 4 is 22.8 Å². The van der Waals surface area contributed by atoms with Gasteiger partial charge in [-0.2, -0.15) is 5.26 Å². The van der Waals surface area contributed by atoms with E-state index < -0.39 is 0 Å². The maximum absolute atomic E-state index is 11.8. The number of aryl methyl sites for hydroxylation is 1. The second kappa shape index (κ2) is 8.05. The first-order chi connectivity index (χ1) is 12.6. The highest BCUT2D eigenvalue weighted by atomic mass is 16.2. The van der Waals surface area contributed by atoms with Crippen LogP contribution in [0.2, 0.25) is 0 Å². The van der Waals surface area contributed by atoms with E-state index in [4.69, 9.17) is 5.73 Å². The molecule has 1 aliphatic carbocycles. The van der Waals surface area contributed by atoms with Crippen LogP contribution in [0.1, 0.15) is 43.2 Å². The number of para-hydroxylation sites is 1. The lowest BCUT2D eigenvalue weighted by atomic mass is 9.94. The van der Waals surface area contributed by atoms with Crippen LogP contribution in [-0.4, -0.2) is 35.0 Å². The van der Waals surface area contributed by atoms with E-state index in [9.17, 15) is 10.1 Å². The van der Waals surface area contributed by atoms with Crippen LogP contribution in [-0.2, 0) is 0 Å². The van der Waals surface area contributed by atoms with Crippen LogP contribution in [0.4, 0.5) is 10.6 Å². The number of nitrogens with two attached hydrogens (primary N) is 1. The predicted octanol–water partition coefficient (Wildman–Crippen LogP) is 3.54. The molecule has 0 unspecified atom stereocenters. The molecule has 1 aromatic carbocycles. The molecule has 6 nitrogen and oxygen atoms in total. The minimum atomic E-state index is -0.374. The zero-order valence-electron chi connectivity index (χ0n) is 15.2. The second-order valence-corrected chi connectivity index (χ2v) is 6.89. The van der Waals surface area contributed by atoms with Crippen molar-refractivity contribution in [1.29, 1.82) is 5.26 Å². The summed E-state index contributed by atoms with van der Waals surface area (Å²) in [6.45, 7) is 3.03. The Bertz CT molecular complexity index is 836. The van der Waals surface area contributed by atoms with Gasteiger partial charge in [-0.25, -0.2) is 9.78 Å². The van der Waals surface area contributed by atoms with Crippen molar-refractivity contribution in [2.75, 3.05) is 18.4 Å². The van der Waals surface area contributed by atoms with E-state index in [2.05, 4.69) is 16.4 Å². The summed E-state index contributed by atoms with van der Waals surface area (Å²) in [7, 11) is 0. The van der Waals surface area contributed by atoms with Crippen LogP contribution in [0.5, 0.6) is 0 Å². The number of hydrogen-bond acceptors (Lipinski definition) is 4. The first kappa shape index (κ1) is 18.0. The van der Waals surface area contributed by atoms with E-state index in [1.807, 2.05) is 31.2 Å². The van der Waals surface area contributed by atoms with Crippen LogP contribution < -0.4 is 11.1 Å². The average Bonchev–Trinajstić information content (AvgIpc) is 2.65. The molecular formula is C20H25N5O. The van der Waals surface area contributed by atoms with E-state index in [-0.39, 0.29) is 12.1 Å². The van der Waals surface area contributed by atoms with E-state index in [0.717, 1.165) is 42.1 Å². The third kappa shape index (κ3) is 3.88. The van der Waals surface area contributed by atoms with Gasteiger partial charge in [-0.05, 0) is 31.4 Å². The van der Waals surface area contributed by atoms with Crippen LogP contribution in [0.3, 0.4) is 0 Å². The number of rotatable bonds is 5. The van der Waals surface area contributed by atoms with Gasteiger partial charge in [0.1, 0.15) is 11.9 Å². The van der Waals surface area contributed by atoms with Gasteiger partial charge in [0, 0.05) is 24.5 Å². The number of nitrogens with zero attached hydrogens (tertiary/aromatic N) is 3. The molecule has 0 bridgehead atoms. The lowest BCUT2D eigenvalue weighted by molar-refractivity contribution is 0.167. The standard InChI is InChI=1S/C20H25N5O/c1-14-6-5-7-15-12-16(13-21)19(24-18(14)15)23-10-11-25(20(22)26)17-8-3-2-4-9-17/h5-7,12,17H,2-4,8-11H2,1H3,(H2,22,26)(H,23,24). The van der Waals surface area contributed by atoms with Crippen molar-refractivity contribution in [3.05, 3.63) is 35.4 Å². The third-order valence-electron chi connectivity index (χ3n) is 5.11. The summed E-state index contributed by atoms with van der Waals surface area (Å²) in [4.78, 5) is 18.2. The van der Waals surface area contributed by atoms with Gasteiger partial charge in [-0.3, -0.25) is 0 Å². The maximum atomic E-state index is 11.8. The highest BCUT2D eigenvalue weighted by molar-refractivity contribution is 5.85. The molecule has 1 fully saturated rings. The normalized spacial score (nSPS) is 14.8. The van der Waals surface area contributed by atoms with Gasteiger partial charge in [0.2, 0.25) is 0 Å². The van der Waals surface area contributed by atoms with Crippen LogP contribution in [0, 0.1) is 18.3 Å². The Hall–Kier alpha value is -2.81. The minimum absolute atomic E-state index is 0.227. The lowest BCUT2D eigenvalue weighted by Crippen LogP contribution is -2.46. The maximum Gasteiger partial charge on any atom is 0.315 e. The minimum Gasteiger partial charge on any atom is -0.367 e. The van der Waals surface area contributed by atoms with Gasteiger partial charge in [-0.15, -0.1) is 0 Å². The summed E-state index contributed by atoms with van der Waals surface area (Å²) in [6, 6.07) is 9.83. The number of fused-ring (bicyclic) bond motifs is 1. The molecule has 3 rings (SSSR count). The monoisotopic (exact) mass is 351 g/mol. The largest absolute Gasteiger partial charge is 0.367 e. The van der Waals surface area contributed by atoms with Gasteiger partial charge < -0.3 is 16.0 Å². The van der Waals surface area contributed by atoms with Crippen molar-refractivity contribution in [3.8, 4) is 6.07 Å². The molecule has 6 heteroatoms. The molecule has 0 radical (unpaired) electrons. The Morgan fingerprint density at radius 1 is 1.38 bits per heavy atom. The Labute approximate surface area is 154 Å². The lowest BCUT2D eigenvalue weighted by Gasteiger charge is -2.33. The highest BCUT2D eigenvalue weighted by Crippen LogP contribution is 2.24. The summed E-state index contributed by atoms with van der Waals surface area (Å²) < 4.78 is 0. The van der Waals surface area contributed by atoms with Gasteiger partial charge in [0.15, 0.2) is 0 Å². The van der Waals surface area contributed by atoms with E-state index in [1.165, 1.54) is 6.42 Å². The van der Waals surface area contributed by atoms with Crippen molar-refractivity contribution in [2.45, 2.75) is 45.1 Å². The van der Waals surface area contributed by atoms with E-state index in [1.54, 1.807) is 4.90 Å². The summed E-state index contributed by atoms with van der Waals surface area (Å²) in [5, 5.41) is 13.6. The summed E-state index contributed by atoms with van der Waals surface area (Å²) in [5.74, 6) is 0.558. The summed E-state index contributed by atoms with van der Waals surface area (Å²) in [6.07, 6.45) is 5.55. The van der Waals surface area contributed by atoms with Crippen molar-refractivity contribution in [2.24, 2.45) is 5.73 Å². The molecule has 3 N–H and O–H groups in total. The molecule has 136 valence electrons. The fraction of sp³-hybridized carbons (Fsp3) is 0.450. The predicted molar refractivity (Wildman–Crippen MR) is 103 cm³/mol. The number of nitriles is 1. The number of urea groups is 1. The Kier molecular flexibility index (Phi) is 5.57. The molecule has 0 atom stereocenters. The van der Waals surface area contributed by atoms with E-state index >= 15 is 0 Å². The zero-order chi connectivity index (χ0) is 18.5. The van der Waals surface area contributed by atoms with E-state index in [0.29, 0.717) is 24.5 Å². The van der Waals surface area contributed by atoms with Gasteiger partial charge in [0.25, 0.3) is 0 Å². The number of hydrogen-bond donors (Lipinski definition) is 2. The molecule has 1 saturated carbocycles. The van der Waals surface area contributed by atoms with Gasteiger partial charge >= 0.3 is 6.03 Å². The van der Waals surface area contributed by atoms with Crippen molar-refractivity contribution in [3.63, 3.8) is 0 Å². The number of primary amides is 1. The van der Waals surface area contributed by atoms with Gasteiger partial charge in [-0.1, -0.05) is 37.5 Å². The number of carbonyl (C=O) groups excluding carboxylic acids is 1. The molecule has 0 aliphatic heterocycles. The number of amides is 2. The highest BCUT2D eigenvalue weighted by Gasteiger charge is 2.23. The quantitative estimate of drug-likeness (QED) is 0.861. The van der Waals surface area contributed by atoms with Crippen LogP contribution in [0.25, 0.3) is 10.9 Å². The zero-order valence-corrected chi connectivity index (χ0v) is 15.2. The smallest absolute Gasteiger partial charge is 0.315 e. The number of carbonyl (C=O) groups is 1. The molecule has 0 spiro atoms. The SMILES string of the molecule is Cc1cccc2cc(C#N)c(NCCN(C(N)=O)C3CCCCC3)nc12. The molecule has 2 aromatic rings. The number of anilines is 1. The molecule has 26 heavy (non-hydrogen) atoms. The fourth-order valence-electron chi connectivity index (χ4n) is 3.73. The molecule has 1 heterocycles. The first-order valence-electron chi connectivity index (χ1n) is 9.20. The number of pyridine rings is 1. The number of aromatic nitrogens is 1. The molecule has 2 amide bonds. The molecule has 1 aromatic heterocycles. The van der Waals surface area contributed by atoms with Gasteiger partial charge in [0.05, 0.1) is 11.1 Å². The third-order valence-corrected chi connectivity index (χ3v) is 5.11. The number of benzene rings is 1. The van der Waals surface area contributed by atoms with Crippen molar-refractivity contribution in [1.82, 2.24) is 9.88 Å². The molecule has 0 saturated heterocycles. The van der Waals surface area contributed by atoms with Crippen LogP contribution >= 0.6 is 0 Å². The topological polar surface area (TPSA) is 95.0 Å². The fourth-order valence-corrected chi connectivity index (χ4v) is 3.73. The average molecular weight is 351 g/mol. The Balaban J connectivity index is 1.73. The summed E-state index contributed by atoms with van der Waals surface area (Å²) >= 11 is 0. The number of nitrogens with one attached hydrogen (secondary N) is 1. The first-order valence-corrected chi connectivity index (χ1v) is 9.20. The molecular weight excluding hydrogens is 326 g/mol. The second-order valence-electron chi connectivity index (χ2n) is 6.89. The van der Waals surface area contributed by atoms with Crippen LogP contribution in [0.15, 0.2) is 24.3 Å². The Morgan fingerprint density at radius 3 is 2.85 bits per heavy atom. The molecule has 1 aliphatic rings. The van der Waals surface area contributed by atoms with Crippen molar-refractivity contribution < 1.29 is 4.79 Å².